The molecule has 3 N–H and O–H groups in total. The number of nitrogens with one attached hydrogen (secondary N) is 3. The van der Waals surface area contributed by atoms with Gasteiger partial charge in [0.1, 0.15) is 11.5 Å². The molecule has 1 aliphatic rings. The van der Waals surface area contributed by atoms with Crippen LogP contribution >= 0.6 is 12.2 Å². The maximum atomic E-state index is 11.8. The van der Waals surface area contributed by atoms with E-state index in [9.17, 15) is 4.79 Å². The van der Waals surface area contributed by atoms with Crippen molar-refractivity contribution < 1.29 is 19.0 Å². The van der Waals surface area contributed by atoms with Gasteiger partial charge in [0.25, 0.3) is 0 Å². The van der Waals surface area contributed by atoms with Crippen LogP contribution in [0.1, 0.15) is 36.1 Å². The number of aryl methyl sites for hydroxylation is 1. The molecule has 0 fully saturated rings. The van der Waals surface area contributed by atoms with E-state index >= 15 is 0 Å². The van der Waals surface area contributed by atoms with Crippen molar-refractivity contribution in [2.45, 2.75) is 33.3 Å². The molecule has 0 saturated carbocycles. The Hall–Kier alpha value is -4.11. The highest BCUT2D eigenvalue weighted by Gasteiger charge is 2.33. The third-order valence-corrected chi connectivity index (χ3v) is 6.25. The lowest BCUT2D eigenvalue weighted by Gasteiger charge is -2.34. The molecule has 2 aromatic carbocycles. The number of carbonyl (C=O) groups excluding carboxylic acids is 1. The smallest absolute Gasteiger partial charge is 0.344 e. The van der Waals surface area contributed by atoms with Gasteiger partial charge in [0.2, 0.25) is 0 Å². The van der Waals surface area contributed by atoms with Gasteiger partial charge in [0.15, 0.2) is 17.3 Å². The first-order chi connectivity index (χ1) is 17.8. The molecular weight excluding hydrogens is 488 g/mol. The topological polar surface area (TPSA) is 93.7 Å². The van der Waals surface area contributed by atoms with Crippen molar-refractivity contribution in [3.63, 3.8) is 0 Å². The highest BCUT2D eigenvalue weighted by molar-refractivity contribution is 7.80. The third kappa shape index (κ3) is 6.18. The monoisotopic (exact) mass is 518 g/mol. The van der Waals surface area contributed by atoms with Crippen LogP contribution in [0.2, 0.25) is 0 Å². The number of rotatable bonds is 8. The van der Waals surface area contributed by atoms with Gasteiger partial charge in [-0.25, -0.2) is 4.79 Å². The molecule has 1 atom stereocenters. The molecule has 1 aliphatic heterocycles. The van der Waals surface area contributed by atoms with Crippen molar-refractivity contribution in [2.75, 3.05) is 18.5 Å². The molecule has 9 heteroatoms. The van der Waals surface area contributed by atoms with Crippen molar-refractivity contribution in [3.8, 4) is 11.5 Å². The summed E-state index contributed by atoms with van der Waals surface area (Å²) in [6.07, 6.45) is 5.45. The number of fused-ring (bicyclic) bond motifs is 1. The predicted octanol–water partition coefficient (Wildman–Crippen LogP) is 4.78. The number of anilines is 1. The Bertz CT molecular complexity index is 1330. The Balaban J connectivity index is 1.58. The van der Waals surface area contributed by atoms with Gasteiger partial charge in [-0.15, -0.1) is 0 Å². The van der Waals surface area contributed by atoms with Crippen LogP contribution in [0.5, 0.6) is 11.5 Å². The average molecular weight is 519 g/mol. The largest absolute Gasteiger partial charge is 0.482 e. The number of thiocarbonyl (C=S) groups is 1. The molecule has 1 unspecified atom stereocenters. The molecule has 2 heterocycles. The fourth-order valence-corrected chi connectivity index (χ4v) is 4.08. The van der Waals surface area contributed by atoms with Gasteiger partial charge >= 0.3 is 5.97 Å². The summed E-state index contributed by atoms with van der Waals surface area (Å²) in [5.41, 5.74) is 11.1. The summed E-state index contributed by atoms with van der Waals surface area (Å²) in [6.45, 7) is 7.93. The summed E-state index contributed by atoms with van der Waals surface area (Å²) in [6, 6.07) is 15.2. The second-order valence-electron chi connectivity index (χ2n) is 8.71. The van der Waals surface area contributed by atoms with Crippen LogP contribution < -0.4 is 25.6 Å². The van der Waals surface area contributed by atoms with Crippen LogP contribution in [-0.2, 0) is 15.1 Å². The Kier molecular flexibility index (Phi) is 7.93. The van der Waals surface area contributed by atoms with Gasteiger partial charge in [0.05, 0.1) is 12.3 Å². The predicted molar refractivity (Wildman–Crippen MR) is 147 cm³/mol. The summed E-state index contributed by atoms with van der Waals surface area (Å²) >= 11 is 5.55. The first-order valence-electron chi connectivity index (χ1n) is 11.9. The lowest BCUT2D eigenvalue weighted by Crippen LogP contribution is -2.41. The van der Waals surface area contributed by atoms with Gasteiger partial charge in [-0.1, -0.05) is 18.2 Å². The maximum Gasteiger partial charge on any atom is 0.344 e. The van der Waals surface area contributed by atoms with E-state index in [1.165, 1.54) is 5.56 Å². The zero-order valence-corrected chi connectivity index (χ0v) is 22.1. The van der Waals surface area contributed by atoms with Crippen molar-refractivity contribution in [3.05, 3.63) is 89.3 Å². The highest BCUT2D eigenvalue weighted by Crippen LogP contribution is 2.41. The third-order valence-electron chi connectivity index (χ3n) is 6.04. The number of hydrazine groups is 1. The number of benzene rings is 2. The number of hydrogen-bond acceptors (Lipinski definition) is 7. The van der Waals surface area contributed by atoms with Gasteiger partial charge < -0.3 is 19.5 Å². The molecule has 1 aromatic heterocycles. The number of esters is 1. The zero-order valence-electron chi connectivity index (χ0n) is 21.3. The summed E-state index contributed by atoms with van der Waals surface area (Å²) in [4.78, 5) is 16.0. The summed E-state index contributed by atoms with van der Waals surface area (Å²) in [5.74, 6) is 0.707. The second kappa shape index (κ2) is 11.3. The first kappa shape index (κ1) is 26.0. The van der Waals surface area contributed by atoms with E-state index in [0.717, 1.165) is 28.1 Å². The van der Waals surface area contributed by atoms with Crippen LogP contribution in [0.3, 0.4) is 0 Å². The van der Waals surface area contributed by atoms with E-state index in [1.54, 1.807) is 31.5 Å². The van der Waals surface area contributed by atoms with Crippen molar-refractivity contribution in [2.24, 2.45) is 0 Å². The van der Waals surface area contributed by atoms with Crippen LogP contribution in [-0.4, -0.2) is 29.3 Å². The minimum Gasteiger partial charge on any atom is -0.482 e. The molecule has 37 heavy (non-hydrogen) atoms. The highest BCUT2D eigenvalue weighted by atomic mass is 32.1. The van der Waals surface area contributed by atoms with Crippen LogP contribution in [0, 0.1) is 13.8 Å². The quantitative estimate of drug-likeness (QED) is 0.221. The Morgan fingerprint density at radius 3 is 2.76 bits per heavy atom. The molecule has 8 nitrogen and oxygen atoms in total. The first-order valence-corrected chi connectivity index (χ1v) is 12.3. The summed E-state index contributed by atoms with van der Waals surface area (Å²) < 4.78 is 17.0. The fourth-order valence-electron chi connectivity index (χ4n) is 3.92. The number of hydrogen-bond donors (Lipinski definition) is 3. The fraction of sp³-hybridized carbons (Fsp3) is 0.250. The van der Waals surface area contributed by atoms with E-state index in [4.69, 9.17) is 26.4 Å². The normalized spacial score (nSPS) is 15.9. The van der Waals surface area contributed by atoms with Crippen molar-refractivity contribution >= 4 is 34.7 Å². The molecule has 0 amide bonds. The Morgan fingerprint density at radius 2 is 2.00 bits per heavy atom. The van der Waals surface area contributed by atoms with Gasteiger partial charge in [-0.05, 0) is 87.4 Å². The summed E-state index contributed by atoms with van der Waals surface area (Å²) in [7, 11) is 0. The van der Waals surface area contributed by atoms with Gasteiger partial charge in [0, 0.05) is 29.2 Å². The van der Waals surface area contributed by atoms with Crippen LogP contribution in [0.4, 0.5) is 5.69 Å². The minimum absolute atomic E-state index is 0.185. The van der Waals surface area contributed by atoms with E-state index in [0.29, 0.717) is 23.2 Å². The second-order valence-corrected chi connectivity index (χ2v) is 9.12. The van der Waals surface area contributed by atoms with Gasteiger partial charge in [-0.3, -0.25) is 15.8 Å². The molecule has 3 aromatic rings. The van der Waals surface area contributed by atoms with Gasteiger partial charge in [-0.2, -0.15) is 0 Å². The van der Waals surface area contributed by atoms with E-state index in [2.05, 4.69) is 34.1 Å². The average Bonchev–Trinajstić information content (AvgIpc) is 2.89. The lowest BCUT2D eigenvalue weighted by atomic mass is 9.91. The Labute approximate surface area is 222 Å². The molecule has 0 spiro atoms. The summed E-state index contributed by atoms with van der Waals surface area (Å²) in [5, 5.41) is 3.64. The lowest BCUT2D eigenvalue weighted by molar-refractivity contribution is -0.145. The molecular formula is C28H30N4O4S. The molecule has 0 aliphatic carbocycles. The molecule has 0 saturated heterocycles. The zero-order chi connectivity index (χ0) is 26.4. The molecule has 0 bridgehead atoms. The van der Waals surface area contributed by atoms with E-state index in [1.807, 2.05) is 50.3 Å². The number of ether oxygens (including phenoxy) is 3. The number of aromatic nitrogens is 1. The standard InChI is InChI=1S/C28H30N4O4S/c1-5-34-26(33)17-35-21-11-12-25-22(14-21)24(15-28(4,36-25)20-9-7-13-29-16-20)31-32-27(37)30-23-10-6-8-18(2)19(23)3/h6-16,31H,5,17H2,1-4H3,(H2,30,32,37). The SMILES string of the molecule is CCOC(=O)COc1ccc2c(c1)C(NNC(=S)Nc1cccc(C)c1C)=CC(C)(c1cccnc1)O2. The van der Waals surface area contributed by atoms with E-state index < -0.39 is 11.6 Å². The minimum atomic E-state index is -0.791. The number of carbonyl (C=O) groups is 1. The molecule has 192 valence electrons. The maximum absolute atomic E-state index is 11.8. The molecule has 4 rings (SSSR count). The Morgan fingerprint density at radius 1 is 1.16 bits per heavy atom. The van der Waals surface area contributed by atoms with Crippen molar-refractivity contribution in [1.82, 2.24) is 15.8 Å². The number of nitrogens with zero attached hydrogens (tertiary/aromatic N) is 1. The number of pyridine rings is 1. The van der Waals surface area contributed by atoms with Crippen LogP contribution in [0.15, 0.2) is 67.0 Å². The van der Waals surface area contributed by atoms with E-state index in [-0.39, 0.29) is 6.61 Å². The van der Waals surface area contributed by atoms with Crippen LogP contribution in [0.25, 0.3) is 5.70 Å². The van der Waals surface area contributed by atoms with Crippen molar-refractivity contribution in [1.29, 1.82) is 0 Å². The molecule has 0 radical (unpaired) electrons.